The third-order valence-electron chi connectivity index (χ3n) is 2.18. The predicted molar refractivity (Wildman–Crippen MR) is 61.8 cm³/mol. The fourth-order valence-electron chi connectivity index (χ4n) is 1.43. The average Bonchev–Trinajstić information content (AvgIpc) is 2.74. The van der Waals surface area contributed by atoms with Gasteiger partial charge in [0.2, 0.25) is 6.08 Å². The molecule has 2 rings (SSSR count). The number of isocyanates is 1. The van der Waals surface area contributed by atoms with Crippen molar-refractivity contribution in [2.45, 2.75) is 6.61 Å². The molecule has 17 heavy (non-hydrogen) atoms. The van der Waals surface area contributed by atoms with Gasteiger partial charge in [-0.2, -0.15) is 10.1 Å². The first kappa shape index (κ1) is 11.1. The van der Waals surface area contributed by atoms with Crippen LogP contribution in [0.5, 0.6) is 5.75 Å². The Labute approximate surface area is 98.4 Å². The molecule has 86 valence electrons. The third kappa shape index (κ3) is 2.80. The Kier molecular flexibility index (Phi) is 3.33. The molecule has 1 aromatic heterocycles. The molecule has 0 atom stereocenters. The van der Waals surface area contributed by atoms with E-state index in [0.29, 0.717) is 18.0 Å². The second-order valence-electron chi connectivity index (χ2n) is 3.48. The van der Waals surface area contributed by atoms with Gasteiger partial charge in [-0.15, -0.1) is 0 Å². The molecule has 0 bridgehead atoms. The van der Waals surface area contributed by atoms with Gasteiger partial charge < -0.3 is 4.74 Å². The minimum atomic E-state index is 0.388. The highest BCUT2D eigenvalue weighted by molar-refractivity contribution is 5.57. The van der Waals surface area contributed by atoms with Crippen LogP contribution in [0, 0.1) is 0 Å². The quantitative estimate of drug-likeness (QED) is 0.595. The largest absolute Gasteiger partial charge is 0.486 e. The number of hydrogen-bond acceptors (Lipinski definition) is 4. The maximum Gasteiger partial charge on any atom is 0.240 e. The molecule has 0 radical (unpaired) electrons. The van der Waals surface area contributed by atoms with E-state index in [1.165, 1.54) is 6.08 Å². The summed E-state index contributed by atoms with van der Waals surface area (Å²) in [7, 11) is 1.84. The van der Waals surface area contributed by atoms with Crippen molar-refractivity contribution in [1.82, 2.24) is 9.78 Å². The van der Waals surface area contributed by atoms with Gasteiger partial charge in [-0.05, 0) is 12.1 Å². The van der Waals surface area contributed by atoms with Crippen LogP contribution >= 0.6 is 0 Å². The molecule has 1 aromatic carbocycles. The molecule has 0 N–H and O–H groups in total. The minimum Gasteiger partial charge on any atom is -0.486 e. The highest BCUT2D eigenvalue weighted by Gasteiger charge is 2.03. The number of aryl methyl sites for hydroxylation is 1. The van der Waals surface area contributed by atoms with Gasteiger partial charge in [0, 0.05) is 18.8 Å². The van der Waals surface area contributed by atoms with Crippen molar-refractivity contribution in [2.24, 2.45) is 12.0 Å². The summed E-state index contributed by atoms with van der Waals surface area (Å²) in [6.45, 7) is 0.388. The number of aromatic nitrogens is 2. The summed E-state index contributed by atoms with van der Waals surface area (Å²) < 4.78 is 7.27. The predicted octanol–water partition coefficient (Wildman–Crippen LogP) is 1.97. The van der Waals surface area contributed by atoms with Gasteiger partial charge in [0.1, 0.15) is 18.0 Å². The Hall–Kier alpha value is -2.39. The zero-order chi connectivity index (χ0) is 12.1. The first-order valence-corrected chi connectivity index (χ1v) is 5.07. The molecule has 0 amide bonds. The Balaban J connectivity index is 2.11. The van der Waals surface area contributed by atoms with Crippen LogP contribution in [-0.2, 0) is 18.4 Å². The lowest BCUT2D eigenvalue weighted by Gasteiger charge is -2.05. The SMILES string of the molecule is Cn1cc(COc2ccccc2N=C=O)cn1. The molecule has 0 aliphatic heterocycles. The summed E-state index contributed by atoms with van der Waals surface area (Å²) in [6, 6.07) is 7.06. The summed E-state index contributed by atoms with van der Waals surface area (Å²) in [5, 5.41) is 4.04. The van der Waals surface area contributed by atoms with E-state index in [1.54, 1.807) is 29.1 Å². The van der Waals surface area contributed by atoms with E-state index in [-0.39, 0.29) is 0 Å². The summed E-state index contributed by atoms with van der Waals surface area (Å²) in [6.07, 6.45) is 5.10. The monoisotopic (exact) mass is 229 g/mol. The number of hydrogen-bond donors (Lipinski definition) is 0. The van der Waals surface area contributed by atoms with Crippen molar-refractivity contribution in [1.29, 1.82) is 0 Å². The summed E-state index contributed by atoms with van der Waals surface area (Å²) in [4.78, 5) is 13.8. The molecule has 2 aromatic rings. The van der Waals surface area contributed by atoms with E-state index in [4.69, 9.17) is 4.74 Å². The van der Waals surface area contributed by atoms with Crippen LogP contribution in [0.3, 0.4) is 0 Å². The lowest BCUT2D eigenvalue weighted by Crippen LogP contribution is -1.94. The number of nitrogens with zero attached hydrogens (tertiary/aromatic N) is 3. The average molecular weight is 229 g/mol. The first-order chi connectivity index (χ1) is 8.29. The highest BCUT2D eigenvalue weighted by Crippen LogP contribution is 2.26. The normalized spacial score (nSPS) is 9.71. The highest BCUT2D eigenvalue weighted by atomic mass is 16.5. The van der Waals surface area contributed by atoms with E-state index in [2.05, 4.69) is 10.1 Å². The fraction of sp³-hybridized carbons (Fsp3) is 0.167. The minimum absolute atomic E-state index is 0.388. The number of ether oxygens (including phenoxy) is 1. The number of aliphatic imine (C=N–C) groups is 1. The Morgan fingerprint density at radius 2 is 2.29 bits per heavy atom. The van der Waals surface area contributed by atoms with Crippen molar-refractivity contribution >= 4 is 11.8 Å². The van der Waals surface area contributed by atoms with Gasteiger partial charge in [-0.1, -0.05) is 12.1 Å². The molecule has 0 saturated heterocycles. The van der Waals surface area contributed by atoms with Crippen molar-refractivity contribution in [3.05, 3.63) is 42.2 Å². The van der Waals surface area contributed by atoms with Gasteiger partial charge >= 0.3 is 0 Å². The van der Waals surface area contributed by atoms with Crippen molar-refractivity contribution in [3.8, 4) is 5.75 Å². The van der Waals surface area contributed by atoms with Crippen LogP contribution in [0.4, 0.5) is 5.69 Å². The molecule has 0 unspecified atom stereocenters. The molecule has 0 aliphatic carbocycles. The molecule has 5 nitrogen and oxygen atoms in total. The maximum atomic E-state index is 10.2. The van der Waals surface area contributed by atoms with Crippen LogP contribution in [0.1, 0.15) is 5.56 Å². The van der Waals surface area contributed by atoms with E-state index >= 15 is 0 Å². The van der Waals surface area contributed by atoms with Crippen molar-refractivity contribution in [2.75, 3.05) is 0 Å². The van der Waals surface area contributed by atoms with E-state index in [9.17, 15) is 4.79 Å². The zero-order valence-corrected chi connectivity index (χ0v) is 9.33. The molecular formula is C12H11N3O2. The van der Waals surface area contributed by atoms with E-state index in [1.807, 2.05) is 19.3 Å². The van der Waals surface area contributed by atoms with Crippen molar-refractivity contribution < 1.29 is 9.53 Å². The van der Waals surface area contributed by atoms with Crippen LogP contribution < -0.4 is 4.74 Å². The van der Waals surface area contributed by atoms with Gasteiger partial charge in [-0.3, -0.25) is 4.68 Å². The van der Waals surface area contributed by atoms with Crippen molar-refractivity contribution in [3.63, 3.8) is 0 Å². The molecule has 1 heterocycles. The lowest BCUT2D eigenvalue weighted by molar-refractivity contribution is 0.307. The smallest absolute Gasteiger partial charge is 0.240 e. The molecular weight excluding hydrogens is 218 g/mol. The van der Waals surface area contributed by atoms with Crippen LogP contribution in [0.15, 0.2) is 41.7 Å². The zero-order valence-electron chi connectivity index (χ0n) is 9.33. The Morgan fingerprint density at radius 3 is 3.00 bits per heavy atom. The van der Waals surface area contributed by atoms with E-state index < -0.39 is 0 Å². The topological polar surface area (TPSA) is 56.5 Å². The molecule has 0 saturated carbocycles. The second-order valence-corrected chi connectivity index (χ2v) is 3.48. The lowest BCUT2D eigenvalue weighted by atomic mass is 10.3. The van der Waals surface area contributed by atoms with Gasteiger partial charge in [0.25, 0.3) is 0 Å². The molecule has 0 fully saturated rings. The summed E-state index contributed by atoms with van der Waals surface area (Å²) in [5.41, 5.74) is 1.43. The maximum absolute atomic E-state index is 10.2. The van der Waals surface area contributed by atoms with Crippen LogP contribution in [0.25, 0.3) is 0 Å². The third-order valence-corrected chi connectivity index (χ3v) is 2.18. The standard InChI is InChI=1S/C12H11N3O2/c1-15-7-10(6-14-15)8-17-12-5-3-2-4-11(12)13-9-16/h2-7H,8H2,1H3. The van der Waals surface area contributed by atoms with Crippen LogP contribution in [-0.4, -0.2) is 15.9 Å². The molecule has 0 aliphatic rings. The summed E-state index contributed by atoms with van der Waals surface area (Å²) in [5.74, 6) is 0.555. The Morgan fingerprint density at radius 1 is 1.47 bits per heavy atom. The van der Waals surface area contributed by atoms with Gasteiger partial charge in [-0.25, -0.2) is 4.79 Å². The van der Waals surface area contributed by atoms with E-state index in [0.717, 1.165) is 5.56 Å². The molecule has 5 heteroatoms. The fourth-order valence-corrected chi connectivity index (χ4v) is 1.43. The number of para-hydroxylation sites is 2. The number of rotatable bonds is 4. The van der Waals surface area contributed by atoms with Gasteiger partial charge in [0.05, 0.1) is 6.20 Å². The molecule has 0 spiro atoms. The van der Waals surface area contributed by atoms with Gasteiger partial charge in [0.15, 0.2) is 0 Å². The summed E-state index contributed by atoms with van der Waals surface area (Å²) >= 11 is 0. The number of carbonyl (C=O) groups excluding carboxylic acids is 1. The Bertz CT molecular complexity index is 556. The number of benzene rings is 1. The van der Waals surface area contributed by atoms with Crippen LogP contribution in [0.2, 0.25) is 0 Å². The second kappa shape index (κ2) is 5.09. The first-order valence-electron chi connectivity index (χ1n) is 5.07.